The molecule has 0 saturated carbocycles. The number of esters is 3. The lowest BCUT2D eigenvalue weighted by Crippen LogP contribution is -2.30. The zero-order chi connectivity index (χ0) is 53.6. The van der Waals surface area contributed by atoms with Crippen molar-refractivity contribution in [2.45, 2.75) is 264 Å². The van der Waals surface area contributed by atoms with Crippen LogP contribution in [-0.2, 0) is 28.6 Å². The average Bonchev–Trinajstić information content (AvgIpc) is 3.40. The van der Waals surface area contributed by atoms with Gasteiger partial charge in [0.2, 0.25) is 0 Å². The fraction of sp³-hybridized carbons (Fsp3) is 0.632. The van der Waals surface area contributed by atoms with Crippen LogP contribution in [0.5, 0.6) is 0 Å². The van der Waals surface area contributed by atoms with Crippen molar-refractivity contribution in [3.05, 3.63) is 134 Å². The van der Waals surface area contributed by atoms with E-state index in [0.29, 0.717) is 25.7 Å². The molecule has 1 unspecified atom stereocenters. The molecule has 0 rings (SSSR count). The monoisotopic (exact) mass is 1020 g/mol. The quantitative estimate of drug-likeness (QED) is 0.0261. The summed E-state index contributed by atoms with van der Waals surface area (Å²) >= 11 is 0. The summed E-state index contributed by atoms with van der Waals surface area (Å²) in [5.74, 6) is -0.966. The van der Waals surface area contributed by atoms with Gasteiger partial charge in [-0.1, -0.05) is 251 Å². The molecule has 0 N–H and O–H groups in total. The third-order valence-electron chi connectivity index (χ3n) is 12.4. The number of carbonyl (C=O) groups is 3. The molecule has 0 saturated heterocycles. The topological polar surface area (TPSA) is 78.9 Å². The van der Waals surface area contributed by atoms with E-state index >= 15 is 0 Å². The Bertz CT molecular complexity index is 1600. The number of hydrogen-bond donors (Lipinski definition) is 0. The van der Waals surface area contributed by atoms with Gasteiger partial charge in [-0.2, -0.15) is 0 Å². The highest BCUT2D eigenvalue weighted by Crippen LogP contribution is 2.14. The summed E-state index contributed by atoms with van der Waals surface area (Å²) in [6.07, 6.45) is 86.0. The molecular formula is C68H110O6. The largest absolute Gasteiger partial charge is 0.462 e. The Kier molecular flexibility index (Phi) is 57.4. The highest BCUT2D eigenvalue weighted by molar-refractivity contribution is 5.71. The second kappa shape index (κ2) is 61.1. The minimum absolute atomic E-state index is 0.100. The van der Waals surface area contributed by atoms with E-state index in [4.69, 9.17) is 14.2 Å². The Morgan fingerprint density at radius 3 is 0.851 bits per heavy atom. The Hall–Kier alpha value is -4.45. The van der Waals surface area contributed by atoms with E-state index in [1.165, 1.54) is 83.5 Å². The van der Waals surface area contributed by atoms with Gasteiger partial charge in [0.05, 0.1) is 0 Å². The van der Waals surface area contributed by atoms with Crippen molar-refractivity contribution in [1.29, 1.82) is 0 Å². The Balaban J connectivity index is 4.36. The summed E-state index contributed by atoms with van der Waals surface area (Å²) < 4.78 is 16.8. The van der Waals surface area contributed by atoms with E-state index in [0.717, 1.165) is 128 Å². The molecule has 0 amide bonds. The third kappa shape index (κ3) is 58.4. The molecular weight excluding hydrogens is 913 g/mol. The SMILES string of the molecule is CC/C=C\C/C=C\C/C=C\C/C=C\C/C=C\C/C=C\C/C=C\C/C=C\CCCCC(=O)OCC(COC(=O)CCCCCCCCCC)OC(=O)CCCCCCCC/C=C\C/C=C\C/C=C\CCCCCCC. The van der Waals surface area contributed by atoms with Gasteiger partial charge in [-0.15, -0.1) is 0 Å². The van der Waals surface area contributed by atoms with E-state index in [2.05, 4.69) is 154 Å². The number of hydrogen-bond acceptors (Lipinski definition) is 6. The maximum Gasteiger partial charge on any atom is 0.306 e. The molecule has 0 spiro atoms. The number of rotatable bonds is 53. The summed E-state index contributed by atoms with van der Waals surface area (Å²) in [4.78, 5) is 38.1. The molecule has 74 heavy (non-hydrogen) atoms. The first-order chi connectivity index (χ1) is 36.5. The maximum absolute atomic E-state index is 12.8. The summed E-state index contributed by atoms with van der Waals surface area (Å²) in [5, 5.41) is 0. The van der Waals surface area contributed by atoms with Crippen molar-refractivity contribution in [1.82, 2.24) is 0 Å². The first kappa shape index (κ1) is 69.5. The highest BCUT2D eigenvalue weighted by Gasteiger charge is 2.19. The highest BCUT2D eigenvalue weighted by atomic mass is 16.6. The van der Waals surface area contributed by atoms with Crippen LogP contribution >= 0.6 is 0 Å². The molecule has 1 atom stereocenters. The van der Waals surface area contributed by atoms with Crippen LogP contribution in [0.3, 0.4) is 0 Å². The molecule has 0 aromatic rings. The average molecular weight is 1020 g/mol. The minimum Gasteiger partial charge on any atom is -0.462 e. The van der Waals surface area contributed by atoms with Crippen LogP contribution in [0.2, 0.25) is 0 Å². The third-order valence-corrected chi connectivity index (χ3v) is 12.4. The molecule has 0 heterocycles. The first-order valence-electron chi connectivity index (χ1n) is 30.2. The van der Waals surface area contributed by atoms with E-state index in [1.807, 2.05) is 0 Å². The van der Waals surface area contributed by atoms with Crippen molar-refractivity contribution in [2.24, 2.45) is 0 Å². The number of ether oxygens (including phenoxy) is 3. The van der Waals surface area contributed by atoms with E-state index in [-0.39, 0.29) is 31.1 Å². The Morgan fingerprint density at radius 2 is 0.527 bits per heavy atom. The van der Waals surface area contributed by atoms with E-state index < -0.39 is 6.10 Å². The summed E-state index contributed by atoms with van der Waals surface area (Å²) in [5.41, 5.74) is 0. The normalized spacial score (nSPS) is 13.1. The van der Waals surface area contributed by atoms with E-state index in [1.54, 1.807) is 0 Å². The van der Waals surface area contributed by atoms with Gasteiger partial charge < -0.3 is 14.2 Å². The van der Waals surface area contributed by atoms with Gasteiger partial charge in [-0.25, -0.2) is 0 Å². The van der Waals surface area contributed by atoms with E-state index in [9.17, 15) is 14.4 Å². The van der Waals surface area contributed by atoms with Gasteiger partial charge in [0.25, 0.3) is 0 Å². The molecule has 0 aromatic carbocycles. The molecule has 0 aliphatic heterocycles. The molecule has 0 radical (unpaired) electrons. The second-order valence-electron chi connectivity index (χ2n) is 19.5. The van der Waals surface area contributed by atoms with Crippen LogP contribution in [0.4, 0.5) is 0 Å². The second-order valence-corrected chi connectivity index (χ2v) is 19.5. The van der Waals surface area contributed by atoms with Crippen molar-refractivity contribution in [3.8, 4) is 0 Å². The van der Waals surface area contributed by atoms with Crippen LogP contribution < -0.4 is 0 Å². The van der Waals surface area contributed by atoms with Crippen molar-refractivity contribution in [2.75, 3.05) is 13.2 Å². The summed E-state index contributed by atoms with van der Waals surface area (Å²) in [6.45, 7) is 6.43. The van der Waals surface area contributed by atoms with Gasteiger partial charge in [0, 0.05) is 19.3 Å². The molecule has 0 aliphatic carbocycles. The van der Waals surface area contributed by atoms with Crippen LogP contribution in [0, 0.1) is 0 Å². The zero-order valence-electron chi connectivity index (χ0n) is 47.8. The molecule has 0 aliphatic rings. The van der Waals surface area contributed by atoms with Crippen LogP contribution in [0.25, 0.3) is 0 Å². The van der Waals surface area contributed by atoms with Crippen molar-refractivity contribution in [3.63, 3.8) is 0 Å². The predicted octanol–water partition coefficient (Wildman–Crippen LogP) is 20.6. The lowest BCUT2D eigenvalue weighted by Gasteiger charge is -2.18. The van der Waals surface area contributed by atoms with Gasteiger partial charge in [-0.05, 0) is 122 Å². The zero-order valence-corrected chi connectivity index (χ0v) is 47.8. The summed E-state index contributed by atoms with van der Waals surface area (Å²) in [6, 6.07) is 0. The predicted molar refractivity (Wildman–Crippen MR) is 320 cm³/mol. The molecule has 418 valence electrons. The van der Waals surface area contributed by atoms with Crippen molar-refractivity contribution < 1.29 is 28.6 Å². The van der Waals surface area contributed by atoms with Gasteiger partial charge in [-0.3, -0.25) is 14.4 Å². The molecule has 0 aromatic heterocycles. The minimum atomic E-state index is -0.806. The lowest BCUT2D eigenvalue weighted by atomic mass is 10.1. The van der Waals surface area contributed by atoms with Gasteiger partial charge in [0.1, 0.15) is 13.2 Å². The van der Waals surface area contributed by atoms with Gasteiger partial charge in [0.15, 0.2) is 6.10 Å². The molecule has 6 heteroatoms. The van der Waals surface area contributed by atoms with Crippen LogP contribution in [-0.4, -0.2) is 37.2 Å². The maximum atomic E-state index is 12.8. The number of unbranched alkanes of at least 4 members (excludes halogenated alkanes) is 20. The number of carbonyl (C=O) groups excluding carboxylic acids is 3. The van der Waals surface area contributed by atoms with Crippen LogP contribution in [0.1, 0.15) is 258 Å². The number of allylic oxidation sites excluding steroid dienone is 22. The standard InChI is InChI=1S/C68H110O6/c1-4-7-10-13-16-19-21-23-25-27-29-31-32-33-34-35-36-38-39-41-43-45-47-49-52-55-58-61-67(70)73-64-65(63-72-66(69)60-57-54-51-18-15-12-9-6-3)74-68(71)62-59-56-53-50-48-46-44-42-40-37-30-28-26-24-22-20-17-14-11-8-5-2/h7,10,16,19,22-25,28-31,33-34,36,38,40-43,47,49,65H,4-6,8-9,11-15,17-18,20-21,26-27,32,35,37,39,44-46,48,50-64H2,1-3H3/b10-7-,19-16-,24-22-,25-23-,30-28-,31-29-,34-33-,38-36-,42-40-,43-41-,49-47-. The molecule has 6 nitrogen and oxygen atoms in total. The first-order valence-corrected chi connectivity index (χ1v) is 30.2. The smallest absolute Gasteiger partial charge is 0.306 e. The molecule has 0 fully saturated rings. The fourth-order valence-electron chi connectivity index (χ4n) is 7.88. The fourth-order valence-corrected chi connectivity index (χ4v) is 7.88. The van der Waals surface area contributed by atoms with Gasteiger partial charge >= 0.3 is 17.9 Å². The van der Waals surface area contributed by atoms with Crippen LogP contribution in [0.15, 0.2) is 134 Å². The summed E-state index contributed by atoms with van der Waals surface area (Å²) in [7, 11) is 0. The molecule has 0 bridgehead atoms. The Morgan fingerprint density at radius 1 is 0.284 bits per heavy atom. The lowest BCUT2D eigenvalue weighted by molar-refractivity contribution is -0.167. The van der Waals surface area contributed by atoms with Crippen molar-refractivity contribution >= 4 is 17.9 Å². The Labute approximate surface area is 455 Å².